The third-order valence-corrected chi connectivity index (χ3v) is 6.86. The van der Waals surface area contributed by atoms with Crippen molar-refractivity contribution in [3.8, 4) is 16.9 Å². The zero-order valence-corrected chi connectivity index (χ0v) is 20.7. The lowest BCUT2D eigenvalue weighted by Gasteiger charge is -2.15. The SMILES string of the molecule is CCc1nc(N)sc1C(=O)N/N=C/c1ccc(-n2nc(-c3ccccc3)cc2C2C=CC=CC2)cc1. The number of hydrogen-bond acceptors (Lipinski definition) is 6. The number of nitrogen functional groups attached to an aromatic ring is 1. The Labute approximate surface area is 213 Å². The van der Waals surface area contributed by atoms with Gasteiger partial charge in [-0.1, -0.05) is 85.0 Å². The summed E-state index contributed by atoms with van der Waals surface area (Å²) in [6.45, 7) is 1.94. The van der Waals surface area contributed by atoms with Gasteiger partial charge in [-0.15, -0.1) is 0 Å². The molecule has 2 heterocycles. The van der Waals surface area contributed by atoms with Crippen LogP contribution in [0.1, 0.15) is 45.9 Å². The molecule has 0 saturated carbocycles. The highest BCUT2D eigenvalue weighted by molar-refractivity contribution is 7.17. The Hall–Kier alpha value is -4.30. The fourth-order valence-electron chi connectivity index (χ4n) is 4.12. The number of amides is 1. The van der Waals surface area contributed by atoms with Gasteiger partial charge in [-0.25, -0.2) is 15.1 Å². The van der Waals surface area contributed by atoms with Crippen LogP contribution in [0.3, 0.4) is 0 Å². The summed E-state index contributed by atoms with van der Waals surface area (Å²) < 4.78 is 2.01. The maximum absolute atomic E-state index is 12.4. The molecule has 3 N–H and O–H groups in total. The van der Waals surface area contributed by atoms with Gasteiger partial charge in [0.1, 0.15) is 4.88 Å². The first-order valence-electron chi connectivity index (χ1n) is 11.8. The second kappa shape index (κ2) is 10.5. The molecule has 1 aliphatic rings. The van der Waals surface area contributed by atoms with Gasteiger partial charge in [0.05, 0.1) is 29.0 Å². The first-order chi connectivity index (χ1) is 17.6. The van der Waals surface area contributed by atoms with Crippen LogP contribution >= 0.6 is 11.3 Å². The van der Waals surface area contributed by atoms with Crippen molar-refractivity contribution in [1.82, 2.24) is 20.2 Å². The Balaban J connectivity index is 1.36. The molecule has 0 saturated heterocycles. The number of hydrazone groups is 1. The van der Waals surface area contributed by atoms with Gasteiger partial charge in [0, 0.05) is 11.5 Å². The molecule has 0 radical (unpaired) electrons. The Kier molecular flexibility index (Phi) is 6.86. The third kappa shape index (κ3) is 5.04. The molecule has 36 heavy (non-hydrogen) atoms. The molecule has 2 aromatic carbocycles. The van der Waals surface area contributed by atoms with Crippen LogP contribution < -0.4 is 11.2 Å². The standard InChI is InChI=1S/C28H26N6OS/c1-2-23-26(36-28(29)31-23)27(35)32-30-18-19-13-15-22(16-14-19)34-25(21-11-7-4-8-12-21)17-24(33-34)20-9-5-3-6-10-20/h3-11,13-18,21H,2,12H2,1H3,(H2,29,31)(H,32,35)/b30-18+. The minimum atomic E-state index is -0.307. The summed E-state index contributed by atoms with van der Waals surface area (Å²) in [4.78, 5) is 17.1. The van der Waals surface area contributed by atoms with Gasteiger partial charge in [-0.2, -0.15) is 10.2 Å². The van der Waals surface area contributed by atoms with E-state index in [-0.39, 0.29) is 11.8 Å². The van der Waals surface area contributed by atoms with Crippen LogP contribution in [-0.4, -0.2) is 26.9 Å². The van der Waals surface area contributed by atoms with Crippen molar-refractivity contribution in [1.29, 1.82) is 0 Å². The maximum Gasteiger partial charge on any atom is 0.283 e. The van der Waals surface area contributed by atoms with Gasteiger partial charge in [-0.3, -0.25) is 4.79 Å². The van der Waals surface area contributed by atoms with E-state index in [0.717, 1.165) is 34.6 Å². The maximum atomic E-state index is 12.4. The van der Waals surface area contributed by atoms with Crippen molar-refractivity contribution in [3.63, 3.8) is 0 Å². The van der Waals surface area contributed by atoms with Gasteiger partial charge < -0.3 is 5.73 Å². The molecule has 1 aliphatic carbocycles. The van der Waals surface area contributed by atoms with Crippen LogP contribution in [-0.2, 0) is 6.42 Å². The van der Waals surface area contributed by atoms with E-state index >= 15 is 0 Å². The molecule has 2 aromatic heterocycles. The van der Waals surface area contributed by atoms with E-state index in [4.69, 9.17) is 10.8 Å². The summed E-state index contributed by atoms with van der Waals surface area (Å²) in [5.41, 5.74) is 14.0. The smallest absolute Gasteiger partial charge is 0.283 e. The number of anilines is 1. The van der Waals surface area contributed by atoms with Crippen LogP contribution in [0.15, 0.2) is 90.1 Å². The number of carbonyl (C=O) groups is 1. The summed E-state index contributed by atoms with van der Waals surface area (Å²) in [6, 6.07) is 20.3. The fraction of sp³-hybridized carbons (Fsp3) is 0.143. The minimum absolute atomic E-state index is 0.255. The lowest BCUT2D eigenvalue weighted by molar-refractivity contribution is 0.0958. The van der Waals surface area contributed by atoms with Crippen molar-refractivity contribution < 1.29 is 4.79 Å². The average Bonchev–Trinajstić information content (AvgIpc) is 3.54. The van der Waals surface area contributed by atoms with Crippen molar-refractivity contribution in [3.05, 3.63) is 107 Å². The lowest BCUT2D eigenvalue weighted by Crippen LogP contribution is -2.17. The first-order valence-corrected chi connectivity index (χ1v) is 12.6. The van der Waals surface area contributed by atoms with Crippen LogP contribution in [0.4, 0.5) is 5.13 Å². The highest BCUT2D eigenvalue weighted by Crippen LogP contribution is 2.30. The molecule has 0 bridgehead atoms. The zero-order valence-electron chi connectivity index (χ0n) is 19.8. The third-order valence-electron chi connectivity index (χ3n) is 5.94. The Morgan fingerprint density at radius 1 is 1.19 bits per heavy atom. The van der Waals surface area contributed by atoms with E-state index in [1.54, 1.807) is 6.21 Å². The summed E-state index contributed by atoms with van der Waals surface area (Å²) in [5.74, 6) is -0.0525. The summed E-state index contributed by atoms with van der Waals surface area (Å²) in [6.07, 6.45) is 11.8. The minimum Gasteiger partial charge on any atom is -0.375 e. The summed E-state index contributed by atoms with van der Waals surface area (Å²) >= 11 is 1.17. The number of benzene rings is 2. The number of hydrogen-bond donors (Lipinski definition) is 2. The molecule has 180 valence electrons. The predicted molar refractivity (Wildman–Crippen MR) is 146 cm³/mol. The Morgan fingerprint density at radius 2 is 2.00 bits per heavy atom. The number of nitrogens with zero attached hydrogens (tertiary/aromatic N) is 4. The number of rotatable bonds is 7. The van der Waals surface area contributed by atoms with E-state index in [0.29, 0.717) is 22.1 Å². The van der Waals surface area contributed by atoms with Gasteiger partial charge in [0.15, 0.2) is 5.13 Å². The molecule has 4 aromatic rings. The largest absolute Gasteiger partial charge is 0.375 e. The predicted octanol–water partition coefficient (Wildman–Crippen LogP) is 5.50. The number of allylic oxidation sites excluding steroid dienone is 4. The molecule has 0 aliphatic heterocycles. The van der Waals surface area contributed by atoms with E-state index < -0.39 is 0 Å². The summed E-state index contributed by atoms with van der Waals surface area (Å²) in [5, 5.41) is 9.44. The molecule has 1 unspecified atom stereocenters. The monoisotopic (exact) mass is 494 g/mol. The topological polar surface area (TPSA) is 98.2 Å². The van der Waals surface area contributed by atoms with E-state index in [1.807, 2.05) is 54.1 Å². The highest BCUT2D eigenvalue weighted by atomic mass is 32.1. The number of aromatic nitrogens is 3. The average molecular weight is 495 g/mol. The zero-order chi connectivity index (χ0) is 24.9. The van der Waals surface area contributed by atoms with E-state index in [2.05, 4.69) is 58.0 Å². The van der Waals surface area contributed by atoms with Crippen LogP contribution in [0.25, 0.3) is 16.9 Å². The second-order valence-electron chi connectivity index (χ2n) is 8.36. The molecular formula is C28H26N6OS. The normalized spacial score (nSPS) is 15.0. The van der Waals surface area contributed by atoms with Crippen molar-refractivity contribution in [2.24, 2.45) is 5.10 Å². The van der Waals surface area contributed by atoms with Crippen molar-refractivity contribution in [2.75, 3.05) is 5.73 Å². The fourth-order valence-corrected chi connectivity index (χ4v) is 4.93. The van der Waals surface area contributed by atoms with Crippen LogP contribution in [0.2, 0.25) is 0 Å². The Morgan fingerprint density at radius 3 is 2.72 bits per heavy atom. The van der Waals surface area contributed by atoms with Crippen LogP contribution in [0.5, 0.6) is 0 Å². The molecule has 0 spiro atoms. The lowest BCUT2D eigenvalue weighted by atomic mass is 9.96. The van der Waals surface area contributed by atoms with E-state index in [1.165, 1.54) is 11.3 Å². The highest BCUT2D eigenvalue weighted by Gasteiger charge is 2.19. The quantitative estimate of drug-likeness (QED) is 0.262. The van der Waals surface area contributed by atoms with E-state index in [9.17, 15) is 4.79 Å². The number of thiazole rings is 1. The Bertz CT molecular complexity index is 1450. The molecule has 1 amide bonds. The number of carbonyl (C=O) groups excluding carboxylic acids is 1. The number of nitrogens with one attached hydrogen (secondary N) is 1. The molecule has 5 rings (SSSR count). The van der Waals surface area contributed by atoms with Gasteiger partial charge >= 0.3 is 0 Å². The van der Waals surface area contributed by atoms with Crippen molar-refractivity contribution >= 4 is 28.6 Å². The van der Waals surface area contributed by atoms with Gasteiger partial charge in [-0.05, 0) is 36.6 Å². The first kappa shape index (κ1) is 23.4. The molecule has 8 heteroatoms. The van der Waals surface area contributed by atoms with Crippen LogP contribution in [0, 0.1) is 0 Å². The second-order valence-corrected chi connectivity index (χ2v) is 9.39. The van der Waals surface area contributed by atoms with Gasteiger partial charge in [0.2, 0.25) is 0 Å². The summed E-state index contributed by atoms with van der Waals surface area (Å²) in [7, 11) is 0. The van der Waals surface area contributed by atoms with Gasteiger partial charge in [0.25, 0.3) is 5.91 Å². The molecule has 0 fully saturated rings. The van der Waals surface area contributed by atoms with Crippen molar-refractivity contribution in [2.45, 2.75) is 25.7 Å². The number of nitrogens with two attached hydrogens (primary N) is 1. The molecular weight excluding hydrogens is 468 g/mol. The number of aryl methyl sites for hydroxylation is 1. The molecule has 7 nitrogen and oxygen atoms in total. The molecule has 1 atom stereocenters.